The van der Waals surface area contributed by atoms with Crippen molar-refractivity contribution in [2.75, 3.05) is 39.9 Å². The van der Waals surface area contributed by atoms with E-state index in [1.165, 1.54) is 0 Å². The molecular formula is C14H24N4O2. The highest BCUT2D eigenvalue weighted by atomic mass is 16.5. The molecule has 20 heavy (non-hydrogen) atoms. The molecule has 6 nitrogen and oxygen atoms in total. The minimum absolute atomic E-state index is 0.0354. The van der Waals surface area contributed by atoms with Crippen molar-refractivity contribution in [1.29, 1.82) is 0 Å². The molecule has 2 heterocycles. The second kappa shape index (κ2) is 7.40. The van der Waals surface area contributed by atoms with Gasteiger partial charge >= 0.3 is 0 Å². The van der Waals surface area contributed by atoms with Gasteiger partial charge in [0.15, 0.2) is 0 Å². The lowest BCUT2D eigenvalue weighted by atomic mass is 9.97. The van der Waals surface area contributed by atoms with E-state index in [0.717, 1.165) is 45.6 Å². The lowest BCUT2D eigenvalue weighted by Crippen LogP contribution is -2.40. The fraction of sp³-hybridized carbons (Fsp3) is 0.714. The smallest absolute Gasteiger partial charge is 0.269 e. The number of carbonyl (C=O) groups is 1. The summed E-state index contributed by atoms with van der Waals surface area (Å²) in [6, 6.07) is 1.74. The van der Waals surface area contributed by atoms with Crippen molar-refractivity contribution in [2.24, 2.45) is 13.0 Å². The lowest BCUT2D eigenvalue weighted by Gasteiger charge is -2.31. The maximum absolute atomic E-state index is 12.0. The van der Waals surface area contributed by atoms with Crippen LogP contribution in [0.25, 0.3) is 0 Å². The highest BCUT2D eigenvalue weighted by molar-refractivity contribution is 5.92. The number of likely N-dealkylation sites (tertiary alicyclic amines) is 1. The number of rotatable bonds is 6. The van der Waals surface area contributed by atoms with Crippen LogP contribution in [-0.4, -0.2) is 60.5 Å². The number of ether oxygens (including phenoxy) is 1. The van der Waals surface area contributed by atoms with Crippen molar-refractivity contribution < 1.29 is 9.53 Å². The van der Waals surface area contributed by atoms with Gasteiger partial charge in [-0.15, -0.1) is 0 Å². The first-order valence-electron chi connectivity index (χ1n) is 7.18. The number of nitrogens with one attached hydrogen (secondary N) is 1. The van der Waals surface area contributed by atoms with Crippen molar-refractivity contribution in [3.63, 3.8) is 0 Å². The minimum atomic E-state index is -0.0354. The number of carbonyl (C=O) groups excluding carboxylic acids is 1. The number of piperidine rings is 1. The topological polar surface area (TPSA) is 59.4 Å². The first kappa shape index (κ1) is 15.0. The Morgan fingerprint density at radius 2 is 2.25 bits per heavy atom. The molecule has 112 valence electrons. The Morgan fingerprint density at radius 1 is 1.50 bits per heavy atom. The normalized spacial score (nSPS) is 17.3. The maximum atomic E-state index is 12.0. The summed E-state index contributed by atoms with van der Waals surface area (Å²) >= 11 is 0. The van der Waals surface area contributed by atoms with Crippen LogP contribution in [0.4, 0.5) is 0 Å². The molecule has 2 rings (SSSR count). The number of aryl methyl sites for hydroxylation is 1. The Kier molecular flexibility index (Phi) is 5.55. The van der Waals surface area contributed by atoms with E-state index < -0.39 is 0 Å². The standard InChI is InChI=1S/C14H24N4O2/c1-17-13(3-6-16-17)14(19)15-11-12-4-7-18(8-5-12)9-10-20-2/h3,6,12H,4-5,7-11H2,1-2H3,(H,15,19). The molecule has 1 N–H and O–H groups in total. The van der Waals surface area contributed by atoms with Crippen LogP contribution in [-0.2, 0) is 11.8 Å². The van der Waals surface area contributed by atoms with E-state index in [1.54, 1.807) is 31.1 Å². The number of hydrogen-bond donors (Lipinski definition) is 1. The van der Waals surface area contributed by atoms with Gasteiger partial charge in [0, 0.05) is 33.4 Å². The van der Waals surface area contributed by atoms with Crippen molar-refractivity contribution >= 4 is 5.91 Å². The van der Waals surface area contributed by atoms with Gasteiger partial charge in [-0.25, -0.2) is 0 Å². The van der Waals surface area contributed by atoms with E-state index in [4.69, 9.17) is 4.74 Å². The van der Waals surface area contributed by atoms with Crippen molar-refractivity contribution in [3.8, 4) is 0 Å². The molecule has 1 aromatic heterocycles. The van der Waals surface area contributed by atoms with E-state index in [-0.39, 0.29) is 5.91 Å². The Balaban J connectivity index is 1.68. The molecule has 0 spiro atoms. The molecule has 0 aliphatic carbocycles. The third-order valence-corrected chi connectivity index (χ3v) is 3.92. The van der Waals surface area contributed by atoms with Crippen LogP contribution in [0.1, 0.15) is 23.3 Å². The molecule has 6 heteroatoms. The molecular weight excluding hydrogens is 256 g/mol. The quantitative estimate of drug-likeness (QED) is 0.825. The third kappa shape index (κ3) is 4.05. The summed E-state index contributed by atoms with van der Waals surface area (Å²) in [5, 5.41) is 7.02. The van der Waals surface area contributed by atoms with Crippen LogP contribution >= 0.6 is 0 Å². The number of aromatic nitrogens is 2. The Labute approximate surface area is 120 Å². The summed E-state index contributed by atoms with van der Waals surface area (Å²) in [5.41, 5.74) is 0.613. The van der Waals surface area contributed by atoms with Crippen LogP contribution in [0.15, 0.2) is 12.3 Å². The number of nitrogens with zero attached hydrogens (tertiary/aromatic N) is 3. The van der Waals surface area contributed by atoms with Gasteiger partial charge in [-0.3, -0.25) is 9.48 Å². The Bertz CT molecular complexity index is 425. The van der Waals surface area contributed by atoms with Gasteiger partial charge in [-0.2, -0.15) is 5.10 Å². The van der Waals surface area contributed by atoms with Gasteiger partial charge < -0.3 is 15.0 Å². The van der Waals surface area contributed by atoms with Gasteiger partial charge in [-0.1, -0.05) is 0 Å². The summed E-state index contributed by atoms with van der Waals surface area (Å²) in [4.78, 5) is 14.4. The van der Waals surface area contributed by atoms with Crippen molar-refractivity contribution in [1.82, 2.24) is 20.0 Å². The monoisotopic (exact) mass is 280 g/mol. The molecule has 1 amide bonds. The summed E-state index contributed by atoms with van der Waals surface area (Å²) in [6.07, 6.45) is 3.91. The number of methoxy groups -OCH3 is 1. The molecule has 0 bridgehead atoms. The zero-order chi connectivity index (χ0) is 14.4. The van der Waals surface area contributed by atoms with E-state index in [2.05, 4.69) is 15.3 Å². The second-order valence-electron chi connectivity index (χ2n) is 5.33. The Hall–Kier alpha value is -1.40. The van der Waals surface area contributed by atoms with Gasteiger partial charge in [0.2, 0.25) is 0 Å². The summed E-state index contributed by atoms with van der Waals surface area (Å²) < 4.78 is 6.70. The van der Waals surface area contributed by atoms with Crippen LogP contribution in [0, 0.1) is 5.92 Å². The van der Waals surface area contributed by atoms with Crippen LogP contribution in [0.3, 0.4) is 0 Å². The lowest BCUT2D eigenvalue weighted by molar-refractivity contribution is 0.0917. The number of amides is 1. The van der Waals surface area contributed by atoms with Gasteiger partial charge in [0.1, 0.15) is 5.69 Å². The molecule has 0 radical (unpaired) electrons. The third-order valence-electron chi connectivity index (χ3n) is 3.92. The van der Waals surface area contributed by atoms with Crippen LogP contribution in [0.5, 0.6) is 0 Å². The van der Waals surface area contributed by atoms with Crippen molar-refractivity contribution in [2.45, 2.75) is 12.8 Å². The molecule has 1 saturated heterocycles. The van der Waals surface area contributed by atoms with Crippen molar-refractivity contribution in [3.05, 3.63) is 18.0 Å². The van der Waals surface area contributed by atoms with Crippen LogP contribution < -0.4 is 5.32 Å². The predicted octanol–water partition coefficient (Wildman–Crippen LogP) is 0.508. The SMILES string of the molecule is COCCN1CCC(CNC(=O)c2ccnn2C)CC1. The van der Waals surface area contributed by atoms with E-state index >= 15 is 0 Å². The minimum Gasteiger partial charge on any atom is -0.383 e. The molecule has 1 fully saturated rings. The molecule has 0 aromatic carbocycles. The highest BCUT2D eigenvalue weighted by Gasteiger charge is 2.20. The van der Waals surface area contributed by atoms with Crippen LogP contribution in [0.2, 0.25) is 0 Å². The predicted molar refractivity (Wildman–Crippen MR) is 76.6 cm³/mol. The summed E-state index contributed by atoms with van der Waals surface area (Å²) in [6.45, 7) is 4.74. The molecule has 1 aromatic rings. The molecule has 0 atom stereocenters. The van der Waals surface area contributed by atoms with Gasteiger partial charge in [-0.05, 0) is 37.9 Å². The summed E-state index contributed by atoms with van der Waals surface area (Å²) in [5.74, 6) is 0.540. The van der Waals surface area contributed by atoms with Gasteiger partial charge in [0.25, 0.3) is 5.91 Å². The van der Waals surface area contributed by atoms with Gasteiger partial charge in [0.05, 0.1) is 6.61 Å². The zero-order valence-corrected chi connectivity index (χ0v) is 12.3. The average Bonchev–Trinajstić information content (AvgIpc) is 2.90. The fourth-order valence-electron chi connectivity index (χ4n) is 2.56. The first-order chi connectivity index (χ1) is 9.70. The van der Waals surface area contributed by atoms with E-state index in [0.29, 0.717) is 11.6 Å². The van der Waals surface area contributed by atoms with E-state index in [1.807, 2.05) is 0 Å². The van der Waals surface area contributed by atoms with E-state index in [9.17, 15) is 4.79 Å². The molecule has 0 saturated carbocycles. The highest BCUT2D eigenvalue weighted by Crippen LogP contribution is 2.16. The zero-order valence-electron chi connectivity index (χ0n) is 12.3. The molecule has 1 aliphatic heterocycles. The fourth-order valence-corrected chi connectivity index (χ4v) is 2.56. The molecule has 0 unspecified atom stereocenters. The maximum Gasteiger partial charge on any atom is 0.269 e. The first-order valence-corrected chi connectivity index (χ1v) is 7.18. The Morgan fingerprint density at radius 3 is 2.85 bits per heavy atom. The summed E-state index contributed by atoms with van der Waals surface area (Å²) in [7, 11) is 3.52. The number of hydrogen-bond acceptors (Lipinski definition) is 4. The molecule has 1 aliphatic rings. The second-order valence-corrected chi connectivity index (χ2v) is 5.33. The largest absolute Gasteiger partial charge is 0.383 e. The average molecular weight is 280 g/mol.